The number of carbonyl (C=O) groups excluding carboxylic acids is 3. The molecule has 6 nitrogen and oxygen atoms in total. The van der Waals surface area contributed by atoms with Crippen molar-refractivity contribution in [1.82, 2.24) is 15.5 Å². The molecule has 1 heterocycles. The summed E-state index contributed by atoms with van der Waals surface area (Å²) in [6.07, 6.45) is 2.04. The van der Waals surface area contributed by atoms with E-state index in [4.69, 9.17) is 11.6 Å². The van der Waals surface area contributed by atoms with Crippen molar-refractivity contribution in [1.29, 1.82) is 0 Å². The van der Waals surface area contributed by atoms with Crippen molar-refractivity contribution in [3.63, 3.8) is 0 Å². The number of carbonyl (C=O) groups is 3. The van der Waals surface area contributed by atoms with Gasteiger partial charge in [-0.15, -0.1) is 0 Å². The van der Waals surface area contributed by atoms with E-state index in [1.807, 2.05) is 49.9 Å². The number of hydrogen-bond donors (Lipinski definition) is 2. The van der Waals surface area contributed by atoms with Gasteiger partial charge in [-0.2, -0.15) is 0 Å². The van der Waals surface area contributed by atoms with Crippen LogP contribution in [0.3, 0.4) is 0 Å². The van der Waals surface area contributed by atoms with Crippen LogP contribution in [0, 0.1) is 12.8 Å². The Morgan fingerprint density at radius 1 is 1.03 bits per heavy atom. The quantitative estimate of drug-likeness (QED) is 0.637. The van der Waals surface area contributed by atoms with E-state index in [0.29, 0.717) is 42.1 Å². The molecule has 2 aromatic rings. The van der Waals surface area contributed by atoms with E-state index in [0.717, 1.165) is 12.0 Å². The van der Waals surface area contributed by atoms with Gasteiger partial charge >= 0.3 is 0 Å². The third kappa shape index (κ3) is 6.35. The Bertz CT molecular complexity index is 985. The second kappa shape index (κ2) is 11.3. The molecule has 0 unspecified atom stereocenters. The lowest BCUT2D eigenvalue weighted by atomic mass is 9.88. The summed E-state index contributed by atoms with van der Waals surface area (Å²) in [7, 11) is 0. The fourth-order valence-electron chi connectivity index (χ4n) is 4.01. The van der Waals surface area contributed by atoms with Gasteiger partial charge in [0.05, 0.1) is 10.6 Å². The highest BCUT2D eigenvalue weighted by Crippen LogP contribution is 2.24. The molecular formula is C26H32ClN3O3. The summed E-state index contributed by atoms with van der Waals surface area (Å²) in [4.78, 5) is 40.7. The summed E-state index contributed by atoms with van der Waals surface area (Å²) in [5.74, 6) is -0.659. The molecule has 1 aliphatic rings. The third-order valence-electron chi connectivity index (χ3n) is 6.29. The number of nitrogens with one attached hydrogen (secondary N) is 2. The number of amides is 3. The predicted molar refractivity (Wildman–Crippen MR) is 130 cm³/mol. The molecule has 0 aliphatic carbocycles. The Labute approximate surface area is 200 Å². The van der Waals surface area contributed by atoms with E-state index < -0.39 is 6.04 Å². The first-order valence-corrected chi connectivity index (χ1v) is 11.9. The summed E-state index contributed by atoms with van der Waals surface area (Å²) in [6.45, 7) is 6.99. The number of rotatable bonds is 7. The van der Waals surface area contributed by atoms with E-state index in [1.54, 1.807) is 24.3 Å². The third-order valence-corrected chi connectivity index (χ3v) is 6.61. The SMILES string of the molecule is CC[C@@H](C)NC(=O)[C@H](NC(=O)c1ccccc1Cl)C1CCN(C(=O)c2ccc(C)cc2)CC1. The molecule has 2 aromatic carbocycles. The zero-order valence-electron chi connectivity index (χ0n) is 19.4. The highest BCUT2D eigenvalue weighted by Gasteiger charge is 2.34. The van der Waals surface area contributed by atoms with Crippen LogP contribution in [0.2, 0.25) is 5.02 Å². The van der Waals surface area contributed by atoms with Crippen LogP contribution in [0.1, 0.15) is 59.4 Å². The summed E-state index contributed by atoms with van der Waals surface area (Å²) < 4.78 is 0. The summed E-state index contributed by atoms with van der Waals surface area (Å²) >= 11 is 6.19. The number of hydrogen-bond acceptors (Lipinski definition) is 3. The molecule has 0 aromatic heterocycles. The second-order valence-corrected chi connectivity index (χ2v) is 9.15. The largest absolute Gasteiger partial charge is 0.352 e. The summed E-state index contributed by atoms with van der Waals surface area (Å²) in [5, 5.41) is 6.25. The van der Waals surface area contributed by atoms with Crippen molar-refractivity contribution in [3.05, 3.63) is 70.2 Å². The van der Waals surface area contributed by atoms with Gasteiger partial charge in [0, 0.05) is 24.7 Å². The average Bonchev–Trinajstić information content (AvgIpc) is 2.82. The van der Waals surface area contributed by atoms with Crippen molar-refractivity contribution in [2.45, 2.75) is 52.1 Å². The maximum Gasteiger partial charge on any atom is 0.253 e. The Hall–Kier alpha value is -2.86. The first-order chi connectivity index (χ1) is 15.8. The van der Waals surface area contributed by atoms with Crippen LogP contribution in [0.15, 0.2) is 48.5 Å². The molecule has 3 rings (SSSR count). The molecule has 7 heteroatoms. The van der Waals surface area contributed by atoms with Gasteiger partial charge < -0.3 is 15.5 Å². The number of likely N-dealkylation sites (tertiary alicyclic amines) is 1. The molecule has 0 bridgehead atoms. The maximum absolute atomic E-state index is 13.1. The minimum atomic E-state index is -0.695. The first kappa shape index (κ1) is 24.8. The van der Waals surface area contributed by atoms with Crippen LogP contribution < -0.4 is 10.6 Å². The molecule has 1 fully saturated rings. The van der Waals surface area contributed by atoms with E-state index in [1.165, 1.54) is 0 Å². The number of aryl methyl sites for hydroxylation is 1. The summed E-state index contributed by atoms with van der Waals surface area (Å²) in [6, 6.07) is 13.6. The zero-order valence-corrected chi connectivity index (χ0v) is 20.2. The van der Waals surface area contributed by atoms with Gasteiger partial charge in [0.15, 0.2) is 0 Å². The molecule has 0 radical (unpaired) electrons. The molecule has 33 heavy (non-hydrogen) atoms. The number of benzene rings is 2. The van der Waals surface area contributed by atoms with Gasteiger partial charge in [-0.1, -0.05) is 48.4 Å². The van der Waals surface area contributed by atoms with Crippen LogP contribution in [0.5, 0.6) is 0 Å². The summed E-state index contributed by atoms with van der Waals surface area (Å²) in [5.41, 5.74) is 2.11. The van der Waals surface area contributed by atoms with Crippen LogP contribution in [-0.4, -0.2) is 47.8 Å². The molecule has 1 saturated heterocycles. The van der Waals surface area contributed by atoms with E-state index in [9.17, 15) is 14.4 Å². The van der Waals surface area contributed by atoms with Crippen LogP contribution >= 0.6 is 11.6 Å². The van der Waals surface area contributed by atoms with Gasteiger partial charge in [0.2, 0.25) is 5.91 Å². The molecule has 2 N–H and O–H groups in total. The lowest BCUT2D eigenvalue weighted by Crippen LogP contribution is -2.55. The predicted octanol–water partition coefficient (Wildman–Crippen LogP) is 4.21. The van der Waals surface area contributed by atoms with Crippen LogP contribution in [0.25, 0.3) is 0 Å². The van der Waals surface area contributed by atoms with E-state index in [-0.39, 0.29) is 29.7 Å². The van der Waals surface area contributed by atoms with Gasteiger partial charge in [-0.05, 0) is 63.3 Å². The Kier molecular flexibility index (Phi) is 8.50. The molecule has 0 saturated carbocycles. The molecule has 2 atom stereocenters. The van der Waals surface area contributed by atoms with Gasteiger partial charge in [0.25, 0.3) is 11.8 Å². The lowest BCUT2D eigenvalue weighted by Gasteiger charge is -2.36. The number of halogens is 1. The van der Waals surface area contributed by atoms with E-state index >= 15 is 0 Å². The lowest BCUT2D eigenvalue weighted by molar-refractivity contribution is -0.125. The monoisotopic (exact) mass is 469 g/mol. The van der Waals surface area contributed by atoms with E-state index in [2.05, 4.69) is 10.6 Å². The Balaban J connectivity index is 1.71. The smallest absolute Gasteiger partial charge is 0.253 e. The Morgan fingerprint density at radius 3 is 2.27 bits per heavy atom. The minimum absolute atomic E-state index is 0.000388. The van der Waals surface area contributed by atoms with Gasteiger partial charge in [-0.3, -0.25) is 14.4 Å². The fraction of sp³-hybridized carbons (Fsp3) is 0.423. The van der Waals surface area contributed by atoms with Gasteiger partial charge in [0.1, 0.15) is 6.04 Å². The average molecular weight is 470 g/mol. The van der Waals surface area contributed by atoms with Crippen molar-refractivity contribution >= 4 is 29.3 Å². The molecule has 3 amide bonds. The standard InChI is InChI=1S/C26H32ClN3O3/c1-4-18(3)28-25(32)23(29-24(31)21-7-5-6-8-22(21)27)19-13-15-30(16-14-19)26(33)20-11-9-17(2)10-12-20/h5-12,18-19,23H,4,13-16H2,1-3H3,(H,28,32)(H,29,31)/t18-,23-/m1/s1. The van der Waals surface area contributed by atoms with Crippen molar-refractivity contribution in [2.75, 3.05) is 13.1 Å². The van der Waals surface area contributed by atoms with Gasteiger partial charge in [-0.25, -0.2) is 0 Å². The maximum atomic E-state index is 13.1. The Morgan fingerprint density at radius 2 is 1.67 bits per heavy atom. The topological polar surface area (TPSA) is 78.5 Å². The van der Waals surface area contributed by atoms with Crippen molar-refractivity contribution in [3.8, 4) is 0 Å². The normalized spacial score (nSPS) is 16.1. The first-order valence-electron chi connectivity index (χ1n) is 11.5. The van der Waals surface area contributed by atoms with Crippen molar-refractivity contribution < 1.29 is 14.4 Å². The number of piperidine rings is 1. The minimum Gasteiger partial charge on any atom is -0.352 e. The van der Waals surface area contributed by atoms with Crippen molar-refractivity contribution in [2.24, 2.45) is 5.92 Å². The highest BCUT2D eigenvalue weighted by molar-refractivity contribution is 6.33. The molecule has 176 valence electrons. The zero-order chi connectivity index (χ0) is 24.0. The second-order valence-electron chi connectivity index (χ2n) is 8.74. The molecule has 1 aliphatic heterocycles. The number of nitrogens with zero attached hydrogens (tertiary/aromatic N) is 1. The fourth-order valence-corrected chi connectivity index (χ4v) is 4.23. The molecular weight excluding hydrogens is 438 g/mol. The molecule has 0 spiro atoms. The highest BCUT2D eigenvalue weighted by atomic mass is 35.5. The van der Waals surface area contributed by atoms with Crippen LogP contribution in [0.4, 0.5) is 0 Å². The van der Waals surface area contributed by atoms with Crippen LogP contribution in [-0.2, 0) is 4.79 Å².